The van der Waals surface area contributed by atoms with Gasteiger partial charge in [0.15, 0.2) is 8.32 Å². The molecular weight excluding hydrogens is 517 g/mol. The van der Waals surface area contributed by atoms with E-state index in [0.29, 0.717) is 29.1 Å². The molecule has 3 fully saturated rings. The van der Waals surface area contributed by atoms with Gasteiger partial charge in [0.05, 0.1) is 5.76 Å². The van der Waals surface area contributed by atoms with Crippen LogP contribution in [0.3, 0.4) is 0 Å². The second kappa shape index (κ2) is 10.0. The van der Waals surface area contributed by atoms with Gasteiger partial charge in [-0.05, 0) is 116 Å². The van der Waals surface area contributed by atoms with Gasteiger partial charge >= 0.3 is 5.97 Å². The fourth-order valence-electron chi connectivity index (χ4n) is 8.30. The third-order valence-corrected chi connectivity index (χ3v) is 21.7. The van der Waals surface area contributed by atoms with E-state index in [0.717, 1.165) is 32.1 Å². The van der Waals surface area contributed by atoms with Crippen LogP contribution in [0.1, 0.15) is 107 Å². The Hall–Kier alpha value is -0.596. The van der Waals surface area contributed by atoms with E-state index in [9.17, 15) is 4.79 Å². The van der Waals surface area contributed by atoms with Crippen molar-refractivity contribution in [2.75, 3.05) is 0 Å². The predicted octanol–water partition coefficient (Wildman–Crippen LogP) is 9.48. The van der Waals surface area contributed by atoms with E-state index in [1.54, 1.807) is 6.92 Å². The van der Waals surface area contributed by atoms with E-state index in [-0.39, 0.29) is 33.7 Å². The van der Waals surface area contributed by atoms with Crippen molar-refractivity contribution in [3.05, 3.63) is 11.8 Å². The lowest BCUT2D eigenvalue weighted by atomic mass is 9.44. The Kier molecular flexibility index (Phi) is 8.04. The lowest BCUT2D eigenvalue weighted by Crippen LogP contribution is -2.61. The van der Waals surface area contributed by atoms with Crippen LogP contribution in [0.15, 0.2) is 11.8 Å². The van der Waals surface area contributed by atoms with Crippen LogP contribution in [0.4, 0.5) is 0 Å². The second-order valence-electron chi connectivity index (χ2n) is 17.3. The zero-order valence-electron chi connectivity index (χ0n) is 27.6. The maximum atomic E-state index is 11.8. The van der Waals surface area contributed by atoms with E-state index in [1.807, 2.05) is 0 Å². The highest BCUT2D eigenvalue weighted by Crippen LogP contribution is 2.67. The summed E-state index contributed by atoms with van der Waals surface area (Å²) in [4.78, 5) is 11.8. The first-order valence-electron chi connectivity index (χ1n) is 15.9. The SMILES string of the molecule is CC(=O)O[C@H]1CC[C@@]2(C)[C@@H](CC(O[Si](C)(C)C(C)(C)C)[C@@H]3[C@@H]2CC[C@]2(C)C(O[Si](C)(C)C(C)(C)C)=CC[C@@H]32)C1. The normalized spacial score (nSPS) is 39.3. The molecular formula is C33H60O4Si2. The summed E-state index contributed by atoms with van der Waals surface area (Å²) in [6.07, 6.45) is 10.7. The van der Waals surface area contributed by atoms with Gasteiger partial charge in [-0.3, -0.25) is 4.79 Å². The van der Waals surface area contributed by atoms with Crippen LogP contribution in [0, 0.1) is 34.5 Å². The first kappa shape index (κ1) is 31.3. The molecule has 4 rings (SSSR count). The number of fused-ring (bicyclic) bond motifs is 5. The molecule has 0 aliphatic heterocycles. The topological polar surface area (TPSA) is 44.8 Å². The Bertz CT molecular complexity index is 973. The summed E-state index contributed by atoms with van der Waals surface area (Å²) < 4.78 is 20.3. The van der Waals surface area contributed by atoms with Crippen molar-refractivity contribution in [1.82, 2.24) is 0 Å². The lowest BCUT2D eigenvalue weighted by molar-refractivity contribution is -0.175. The van der Waals surface area contributed by atoms with Gasteiger partial charge < -0.3 is 13.6 Å². The van der Waals surface area contributed by atoms with Crippen molar-refractivity contribution in [3.8, 4) is 0 Å². The van der Waals surface area contributed by atoms with Crippen molar-refractivity contribution in [2.45, 2.75) is 156 Å². The van der Waals surface area contributed by atoms with E-state index >= 15 is 0 Å². The Morgan fingerprint density at radius 1 is 0.897 bits per heavy atom. The van der Waals surface area contributed by atoms with Crippen LogP contribution < -0.4 is 0 Å². The molecule has 0 heterocycles. The van der Waals surface area contributed by atoms with E-state index in [4.69, 9.17) is 13.6 Å². The standard InChI is InChI=1S/C33H60O4Si2/c1-22(34)35-24-16-18-32(8)23(20-24)21-27(36-38(10,11)30(2,3)4)29-25-14-15-28(33(25,9)19-17-26(29)32)37-39(12,13)31(5,6)7/h15,23-27,29H,14,16-21H2,1-13H3/t23-,24+,25+,26+,27?,29+,32+,33+/m1/s1. The van der Waals surface area contributed by atoms with Crippen molar-refractivity contribution >= 4 is 22.6 Å². The molecule has 4 aliphatic rings. The molecule has 0 aromatic heterocycles. The van der Waals surface area contributed by atoms with Gasteiger partial charge in [0.25, 0.3) is 0 Å². The Morgan fingerprint density at radius 3 is 2.08 bits per heavy atom. The Morgan fingerprint density at radius 2 is 1.51 bits per heavy atom. The minimum Gasteiger partial charge on any atom is -0.546 e. The summed E-state index contributed by atoms with van der Waals surface area (Å²) in [6.45, 7) is 30.5. The van der Waals surface area contributed by atoms with Gasteiger partial charge in [0.2, 0.25) is 8.32 Å². The number of ether oxygens (including phenoxy) is 1. The molecule has 0 spiro atoms. The number of rotatable bonds is 5. The fourth-order valence-corrected chi connectivity index (χ4v) is 10.8. The summed E-state index contributed by atoms with van der Waals surface area (Å²) in [5.41, 5.74) is 0.392. The molecule has 3 saturated carbocycles. The van der Waals surface area contributed by atoms with Gasteiger partial charge in [-0.25, -0.2) is 0 Å². The molecule has 6 heteroatoms. The average molecular weight is 577 g/mol. The summed E-state index contributed by atoms with van der Waals surface area (Å²) in [6, 6.07) is 0. The van der Waals surface area contributed by atoms with Crippen molar-refractivity contribution in [2.24, 2.45) is 34.5 Å². The molecule has 1 unspecified atom stereocenters. The molecule has 0 bridgehead atoms. The highest BCUT2D eigenvalue weighted by atomic mass is 28.4. The fraction of sp³-hybridized carbons (Fsp3) is 0.909. The molecule has 0 radical (unpaired) electrons. The van der Waals surface area contributed by atoms with Gasteiger partial charge in [-0.2, -0.15) is 0 Å². The molecule has 224 valence electrons. The third-order valence-electron chi connectivity index (χ3n) is 12.9. The lowest BCUT2D eigenvalue weighted by Gasteiger charge is -2.63. The Labute approximate surface area is 242 Å². The van der Waals surface area contributed by atoms with Gasteiger partial charge in [-0.15, -0.1) is 0 Å². The highest BCUT2D eigenvalue weighted by Gasteiger charge is 2.63. The largest absolute Gasteiger partial charge is 0.546 e. The van der Waals surface area contributed by atoms with E-state index in [2.05, 4.69) is 87.7 Å². The van der Waals surface area contributed by atoms with Crippen molar-refractivity contribution in [3.63, 3.8) is 0 Å². The van der Waals surface area contributed by atoms with Crippen molar-refractivity contribution in [1.29, 1.82) is 0 Å². The van der Waals surface area contributed by atoms with Crippen LogP contribution in [-0.4, -0.2) is 34.8 Å². The summed E-state index contributed by atoms with van der Waals surface area (Å²) in [5, 5.41) is 0.373. The molecule has 0 amide bonds. The molecule has 0 aromatic carbocycles. The number of allylic oxidation sites excluding steroid dienone is 2. The monoisotopic (exact) mass is 576 g/mol. The minimum absolute atomic E-state index is 0.0669. The number of hydrogen-bond acceptors (Lipinski definition) is 4. The van der Waals surface area contributed by atoms with Crippen LogP contribution in [0.5, 0.6) is 0 Å². The van der Waals surface area contributed by atoms with Gasteiger partial charge in [-0.1, -0.05) is 55.4 Å². The molecule has 0 saturated heterocycles. The molecule has 0 aromatic rings. The quantitative estimate of drug-likeness (QED) is 0.241. The predicted molar refractivity (Wildman–Crippen MR) is 166 cm³/mol. The minimum atomic E-state index is -1.97. The van der Waals surface area contributed by atoms with Crippen LogP contribution in [0.25, 0.3) is 0 Å². The summed E-state index contributed by atoms with van der Waals surface area (Å²) in [5.74, 6) is 3.51. The molecule has 0 N–H and O–H groups in total. The van der Waals surface area contributed by atoms with Crippen molar-refractivity contribution < 1.29 is 18.4 Å². The molecule has 8 atom stereocenters. The number of carbonyl (C=O) groups is 1. The average Bonchev–Trinajstić information content (AvgIpc) is 3.08. The number of carbonyl (C=O) groups excluding carboxylic acids is 1. The first-order valence-corrected chi connectivity index (χ1v) is 21.7. The first-order chi connectivity index (χ1) is 17.6. The van der Waals surface area contributed by atoms with E-state index < -0.39 is 16.6 Å². The third kappa shape index (κ3) is 5.49. The zero-order chi connectivity index (χ0) is 29.4. The second-order valence-corrected chi connectivity index (χ2v) is 26.8. The maximum Gasteiger partial charge on any atom is 0.302 e. The van der Waals surface area contributed by atoms with Gasteiger partial charge in [0.1, 0.15) is 6.10 Å². The number of hydrogen-bond donors (Lipinski definition) is 0. The van der Waals surface area contributed by atoms with E-state index in [1.165, 1.54) is 18.6 Å². The number of esters is 1. The summed E-state index contributed by atoms with van der Waals surface area (Å²) in [7, 11) is -3.88. The smallest absolute Gasteiger partial charge is 0.302 e. The zero-order valence-corrected chi connectivity index (χ0v) is 29.6. The van der Waals surface area contributed by atoms with Crippen LogP contribution in [-0.2, 0) is 18.4 Å². The summed E-state index contributed by atoms with van der Waals surface area (Å²) >= 11 is 0. The molecule has 4 nitrogen and oxygen atoms in total. The molecule has 4 aliphatic carbocycles. The van der Waals surface area contributed by atoms with Crippen LogP contribution in [0.2, 0.25) is 36.3 Å². The molecule has 39 heavy (non-hydrogen) atoms. The van der Waals surface area contributed by atoms with Gasteiger partial charge in [0, 0.05) is 18.4 Å². The maximum absolute atomic E-state index is 11.8. The van der Waals surface area contributed by atoms with Crippen LogP contribution >= 0.6 is 0 Å². The Balaban J connectivity index is 1.68. The highest BCUT2D eigenvalue weighted by molar-refractivity contribution is 6.74.